The summed E-state index contributed by atoms with van der Waals surface area (Å²) in [6.07, 6.45) is 1.64. The molecule has 108 valence electrons. The largest absolute Gasteiger partial charge is 0.480 e. The fourth-order valence-corrected chi connectivity index (χ4v) is 2.65. The number of hydrogen-bond acceptors (Lipinski definition) is 2. The van der Waals surface area contributed by atoms with E-state index in [4.69, 9.17) is 11.6 Å². The zero-order chi connectivity index (χ0) is 14.7. The molecule has 1 aliphatic heterocycles. The van der Waals surface area contributed by atoms with E-state index in [9.17, 15) is 14.7 Å². The van der Waals surface area contributed by atoms with Crippen LogP contribution in [0.2, 0.25) is 5.02 Å². The zero-order valence-corrected chi connectivity index (χ0v) is 11.9. The molecule has 0 aromatic heterocycles. The number of carboxylic acid groups (broad SMARTS) is 1. The van der Waals surface area contributed by atoms with Gasteiger partial charge in [0.1, 0.15) is 6.04 Å². The summed E-state index contributed by atoms with van der Waals surface area (Å²) in [6.45, 7) is 2.32. The van der Waals surface area contributed by atoms with Crippen molar-refractivity contribution in [1.29, 1.82) is 0 Å². The third-order valence-corrected chi connectivity index (χ3v) is 3.79. The fourth-order valence-electron chi connectivity index (χ4n) is 2.52. The molecule has 0 spiro atoms. The zero-order valence-electron chi connectivity index (χ0n) is 11.2. The lowest BCUT2D eigenvalue weighted by atomic mass is 9.91. The van der Waals surface area contributed by atoms with Crippen LogP contribution in [0.1, 0.15) is 19.8 Å². The van der Waals surface area contributed by atoms with Crippen molar-refractivity contribution in [3.8, 4) is 0 Å². The third kappa shape index (κ3) is 3.22. The second kappa shape index (κ2) is 6.13. The number of carbonyl (C=O) groups is 2. The number of hydrogen-bond donors (Lipinski definition) is 2. The summed E-state index contributed by atoms with van der Waals surface area (Å²) in [7, 11) is 0. The number of benzene rings is 1. The Morgan fingerprint density at radius 3 is 2.60 bits per heavy atom. The minimum Gasteiger partial charge on any atom is -0.480 e. The number of aliphatic carboxylic acids is 1. The molecule has 1 aliphatic rings. The Hall–Kier alpha value is -1.75. The van der Waals surface area contributed by atoms with Crippen LogP contribution in [0.15, 0.2) is 24.3 Å². The van der Waals surface area contributed by atoms with E-state index >= 15 is 0 Å². The first-order chi connectivity index (χ1) is 9.49. The summed E-state index contributed by atoms with van der Waals surface area (Å²) >= 11 is 5.78. The van der Waals surface area contributed by atoms with Crippen molar-refractivity contribution in [3.05, 3.63) is 29.3 Å². The Kier molecular flexibility index (Phi) is 4.49. The number of piperidine rings is 1. The first-order valence-electron chi connectivity index (χ1n) is 6.55. The Balaban J connectivity index is 2.10. The van der Waals surface area contributed by atoms with Crippen molar-refractivity contribution < 1.29 is 14.7 Å². The van der Waals surface area contributed by atoms with Crippen LogP contribution in [0.4, 0.5) is 10.5 Å². The maximum absolute atomic E-state index is 12.2. The number of nitrogens with zero attached hydrogens (tertiary/aromatic N) is 1. The fraction of sp³-hybridized carbons (Fsp3) is 0.429. The molecule has 0 aliphatic carbocycles. The van der Waals surface area contributed by atoms with E-state index < -0.39 is 12.0 Å². The summed E-state index contributed by atoms with van der Waals surface area (Å²) in [5, 5.41) is 12.6. The van der Waals surface area contributed by atoms with Crippen LogP contribution in [-0.4, -0.2) is 34.6 Å². The maximum Gasteiger partial charge on any atom is 0.326 e. The second-order valence-corrected chi connectivity index (χ2v) is 5.47. The van der Waals surface area contributed by atoms with Gasteiger partial charge in [0.25, 0.3) is 0 Å². The van der Waals surface area contributed by atoms with Crippen molar-refractivity contribution in [2.45, 2.75) is 25.8 Å². The quantitative estimate of drug-likeness (QED) is 0.881. The minimum atomic E-state index is -0.955. The number of carboxylic acids is 1. The highest BCUT2D eigenvalue weighted by molar-refractivity contribution is 6.30. The number of likely N-dealkylation sites (tertiary alicyclic amines) is 1. The predicted octanol–water partition coefficient (Wildman–Crippen LogP) is 3.06. The summed E-state index contributed by atoms with van der Waals surface area (Å²) in [5.74, 6) is -0.999. The monoisotopic (exact) mass is 296 g/mol. The molecule has 2 amide bonds. The Morgan fingerprint density at radius 2 is 2.00 bits per heavy atom. The first kappa shape index (κ1) is 14.7. The molecule has 20 heavy (non-hydrogen) atoms. The number of urea groups is 1. The Bertz CT molecular complexity index is 504. The van der Waals surface area contributed by atoms with E-state index in [0.717, 1.165) is 12.8 Å². The molecule has 1 fully saturated rings. The van der Waals surface area contributed by atoms with Crippen LogP contribution in [0.3, 0.4) is 0 Å². The van der Waals surface area contributed by atoms with Crippen LogP contribution >= 0.6 is 11.6 Å². The average molecular weight is 297 g/mol. The van der Waals surface area contributed by atoms with Crippen molar-refractivity contribution in [2.75, 3.05) is 11.9 Å². The number of carbonyl (C=O) groups excluding carboxylic acids is 1. The number of anilines is 1. The summed E-state index contributed by atoms with van der Waals surface area (Å²) < 4.78 is 0. The number of amides is 2. The smallest absolute Gasteiger partial charge is 0.326 e. The van der Waals surface area contributed by atoms with Gasteiger partial charge in [-0.3, -0.25) is 0 Å². The highest BCUT2D eigenvalue weighted by atomic mass is 35.5. The van der Waals surface area contributed by atoms with Crippen LogP contribution in [0, 0.1) is 5.92 Å². The molecule has 2 atom stereocenters. The molecule has 0 saturated carbocycles. The van der Waals surface area contributed by atoms with Gasteiger partial charge in [0.05, 0.1) is 0 Å². The number of halogens is 1. The molecule has 1 saturated heterocycles. The van der Waals surface area contributed by atoms with E-state index in [1.54, 1.807) is 24.3 Å². The van der Waals surface area contributed by atoms with Gasteiger partial charge in [-0.15, -0.1) is 0 Å². The maximum atomic E-state index is 12.2. The molecule has 1 aromatic rings. The number of rotatable bonds is 2. The summed E-state index contributed by atoms with van der Waals surface area (Å²) in [4.78, 5) is 25.0. The normalized spacial score (nSPS) is 22.4. The van der Waals surface area contributed by atoms with Crippen molar-refractivity contribution in [3.63, 3.8) is 0 Å². The molecule has 2 unspecified atom stereocenters. The molecular weight excluding hydrogens is 280 g/mol. The van der Waals surface area contributed by atoms with Gasteiger partial charge in [-0.05, 0) is 43.0 Å². The molecule has 6 heteroatoms. The van der Waals surface area contributed by atoms with Gasteiger partial charge >= 0.3 is 12.0 Å². The Labute approximate surface area is 122 Å². The van der Waals surface area contributed by atoms with Gasteiger partial charge in [0, 0.05) is 17.3 Å². The lowest BCUT2D eigenvalue weighted by molar-refractivity contribution is -0.145. The predicted molar refractivity (Wildman–Crippen MR) is 77.0 cm³/mol. The third-order valence-electron chi connectivity index (χ3n) is 3.54. The minimum absolute atomic E-state index is 0.0442. The molecule has 1 heterocycles. The number of nitrogens with one attached hydrogen (secondary N) is 1. The van der Waals surface area contributed by atoms with Crippen LogP contribution in [0.25, 0.3) is 0 Å². The van der Waals surface area contributed by atoms with Gasteiger partial charge in [-0.25, -0.2) is 9.59 Å². The molecule has 2 N–H and O–H groups in total. The molecular formula is C14H17ClN2O3. The van der Waals surface area contributed by atoms with Crippen molar-refractivity contribution in [2.24, 2.45) is 5.92 Å². The van der Waals surface area contributed by atoms with Gasteiger partial charge in [-0.1, -0.05) is 18.5 Å². The standard InChI is InChI=1S/C14H17ClN2O3/c1-9-3-2-8-17(12(9)13(18)19)14(20)16-11-6-4-10(15)5-7-11/h4-7,9,12H,2-3,8H2,1H3,(H,16,20)(H,18,19). The summed E-state index contributed by atoms with van der Waals surface area (Å²) in [5.41, 5.74) is 0.599. The van der Waals surface area contributed by atoms with E-state index in [-0.39, 0.29) is 11.9 Å². The molecule has 0 radical (unpaired) electrons. The van der Waals surface area contributed by atoms with Crippen molar-refractivity contribution >= 4 is 29.3 Å². The van der Waals surface area contributed by atoms with Crippen LogP contribution in [-0.2, 0) is 4.79 Å². The average Bonchev–Trinajstić information content (AvgIpc) is 2.40. The first-order valence-corrected chi connectivity index (χ1v) is 6.93. The van der Waals surface area contributed by atoms with Gasteiger partial charge in [0.2, 0.25) is 0 Å². The van der Waals surface area contributed by atoms with Crippen LogP contribution in [0.5, 0.6) is 0 Å². The second-order valence-electron chi connectivity index (χ2n) is 5.03. The highest BCUT2D eigenvalue weighted by Gasteiger charge is 2.37. The Morgan fingerprint density at radius 1 is 1.35 bits per heavy atom. The van der Waals surface area contributed by atoms with E-state index in [2.05, 4.69) is 5.32 Å². The van der Waals surface area contributed by atoms with E-state index in [1.165, 1.54) is 4.90 Å². The van der Waals surface area contributed by atoms with Gasteiger partial charge in [0.15, 0.2) is 0 Å². The highest BCUT2D eigenvalue weighted by Crippen LogP contribution is 2.24. The van der Waals surface area contributed by atoms with Crippen molar-refractivity contribution in [1.82, 2.24) is 4.90 Å². The lowest BCUT2D eigenvalue weighted by Gasteiger charge is -2.37. The summed E-state index contributed by atoms with van der Waals surface area (Å²) in [6, 6.07) is 5.56. The van der Waals surface area contributed by atoms with Crippen LogP contribution < -0.4 is 5.32 Å². The SMILES string of the molecule is CC1CCCN(C(=O)Nc2ccc(Cl)cc2)C1C(=O)O. The molecule has 0 bridgehead atoms. The van der Waals surface area contributed by atoms with Gasteiger partial charge in [-0.2, -0.15) is 0 Å². The molecule has 5 nitrogen and oxygen atoms in total. The molecule has 1 aromatic carbocycles. The van der Waals surface area contributed by atoms with E-state index in [0.29, 0.717) is 17.3 Å². The van der Waals surface area contributed by atoms with E-state index in [1.807, 2.05) is 6.92 Å². The topological polar surface area (TPSA) is 69.6 Å². The lowest BCUT2D eigenvalue weighted by Crippen LogP contribution is -2.53. The van der Waals surface area contributed by atoms with Gasteiger partial charge < -0.3 is 15.3 Å². The molecule has 2 rings (SSSR count).